The van der Waals surface area contributed by atoms with Crippen molar-refractivity contribution in [3.8, 4) is 11.4 Å². The quantitative estimate of drug-likeness (QED) is 0.415. The molecule has 0 aliphatic rings. The number of aromatic nitrogens is 2. The molecule has 0 radical (unpaired) electrons. The van der Waals surface area contributed by atoms with E-state index in [9.17, 15) is 10.1 Å². The van der Waals surface area contributed by atoms with Crippen molar-refractivity contribution in [3.63, 3.8) is 0 Å². The highest BCUT2D eigenvalue weighted by Gasteiger charge is 2.27. The zero-order valence-electron chi connectivity index (χ0n) is 13.5. The molecule has 2 N–H and O–H groups in total. The predicted molar refractivity (Wildman–Crippen MR) is 98.2 cm³/mol. The van der Waals surface area contributed by atoms with Gasteiger partial charge in [0.2, 0.25) is 6.54 Å². The Labute approximate surface area is 144 Å². The Kier molecular flexibility index (Phi) is 3.82. The van der Waals surface area contributed by atoms with Crippen LogP contribution in [0.4, 0.5) is 0 Å². The third-order valence-corrected chi connectivity index (χ3v) is 4.50. The van der Waals surface area contributed by atoms with Crippen LogP contribution in [0.1, 0.15) is 17.0 Å². The van der Waals surface area contributed by atoms with Gasteiger partial charge in [-0.3, -0.25) is 10.1 Å². The van der Waals surface area contributed by atoms with Crippen LogP contribution in [0, 0.1) is 10.1 Å². The van der Waals surface area contributed by atoms with Gasteiger partial charge in [0, 0.05) is 27.6 Å². The molecular formula is C20H17N3O2. The molecule has 2 aromatic heterocycles. The second-order valence-electron chi connectivity index (χ2n) is 6.02. The molecule has 5 nitrogen and oxygen atoms in total. The van der Waals surface area contributed by atoms with E-state index in [0.717, 1.165) is 33.4 Å². The summed E-state index contributed by atoms with van der Waals surface area (Å²) in [5, 5.41) is 12.4. The summed E-state index contributed by atoms with van der Waals surface area (Å²) in [6, 6.07) is 21.5. The van der Waals surface area contributed by atoms with E-state index < -0.39 is 0 Å². The fourth-order valence-corrected chi connectivity index (χ4v) is 3.42. The molecule has 124 valence electrons. The van der Waals surface area contributed by atoms with Crippen molar-refractivity contribution in [2.75, 3.05) is 6.54 Å². The van der Waals surface area contributed by atoms with E-state index in [1.165, 1.54) is 0 Å². The number of benzene rings is 2. The number of H-pyrrole nitrogens is 2. The predicted octanol–water partition coefficient (Wildman–Crippen LogP) is 4.57. The summed E-state index contributed by atoms with van der Waals surface area (Å²) in [7, 11) is 0. The fourth-order valence-electron chi connectivity index (χ4n) is 3.42. The van der Waals surface area contributed by atoms with Crippen LogP contribution in [0.25, 0.3) is 22.3 Å². The van der Waals surface area contributed by atoms with Gasteiger partial charge in [-0.15, -0.1) is 0 Å². The van der Waals surface area contributed by atoms with Crippen LogP contribution in [-0.4, -0.2) is 21.4 Å². The summed E-state index contributed by atoms with van der Waals surface area (Å²) in [4.78, 5) is 17.8. The Morgan fingerprint density at radius 3 is 2.44 bits per heavy atom. The second kappa shape index (κ2) is 6.28. The minimum absolute atomic E-state index is 0.153. The van der Waals surface area contributed by atoms with Crippen molar-refractivity contribution < 1.29 is 4.92 Å². The summed E-state index contributed by atoms with van der Waals surface area (Å²) >= 11 is 0. The van der Waals surface area contributed by atoms with E-state index in [2.05, 4.69) is 9.97 Å². The molecule has 4 aromatic rings. The maximum absolute atomic E-state index is 11.4. The third kappa shape index (κ3) is 2.80. The number of fused-ring (bicyclic) bond motifs is 1. The minimum atomic E-state index is -0.328. The van der Waals surface area contributed by atoms with Crippen molar-refractivity contribution in [1.82, 2.24) is 9.97 Å². The average molecular weight is 331 g/mol. The normalized spacial score (nSPS) is 12.3. The van der Waals surface area contributed by atoms with Gasteiger partial charge in [-0.2, -0.15) is 0 Å². The standard InChI is InChI=1S/C20H17N3O2/c24-23(25)13-16(14-7-2-1-3-8-14)19-15-9-4-5-10-17(15)22-20(19)18-11-6-12-21-18/h1-12,16,21-22H,13H2. The molecule has 0 fully saturated rings. The molecule has 0 amide bonds. The summed E-state index contributed by atoms with van der Waals surface area (Å²) < 4.78 is 0. The van der Waals surface area contributed by atoms with Gasteiger partial charge in [0.25, 0.3) is 0 Å². The van der Waals surface area contributed by atoms with Gasteiger partial charge in [0.15, 0.2) is 0 Å². The lowest BCUT2D eigenvalue weighted by Gasteiger charge is -2.15. The Hall–Kier alpha value is -3.34. The number of hydrogen-bond acceptors (Lipinski definition) is 2. The van der Waals surface area contributed by atoms with Crippen molar-refractivity contribution >= 4 is 10.9 Å². The Morgan fingerprint density at radius 2 is 1.72 bits per heavy atom. The number of nitrogens with one attached hydrogen (secondary N) is 2. The van der Waals surface area contributed by atoms with E-state index in [1.807, 2.05) is 72.9 Å². The second-order valence-corrected chi connectivity index (χ2v) is 6.02. The molecule has 0 aliphatic heterocycles. The zero-order chi connectivity index (χ0) is 17.2. The van der Waals surface area contributed by atoms with Crippen LogP contribution in [0.3, 0.4) is 0 Å². The summed E-state index contributed by atoms with van der Waals surface area (Å²) in [5.41, 5.74) is 4.71. The number of nitro groups is 1. The van der Waals surface area contributed by atoms with E-state index in [4.69, 9.17) is 0 Å². The van der Waals surface area contributed by atoms with Gasteiger partial charge in [0.1, 0.15) is 0 Å². The van der Waals surface area contributed by atoms with Gasteiger partial charge in [-0.05, 0) is 23.8 Å². The lowest BCUT2D eigenvalue weighted by Crippen LogP contribution is -2.14. The van der Waals surface area contributed by atoms with Gasteiger partial charge >= 0.3 is 0 Å². The summed E-state index contributed by atoms with van der Waals surface area (Å²) in [5.74, 6) is -0.328. The zero-order valence-corrected chi connectivity index (χ0v) is 13.5. The molecule has 1 unspecified atom stereocenters. The first-order valence-electron chi connectivity index (χ1n) is 8.15. The number of hydrogen-bond donors (Lipinski definition) is 2. The van der Waals surface area contributed by atoms with Crippen LogP contribution < -0.4 is 0 Å². The maximum atomic E-state index is 11.4. The van der Waals surface area contributed by atoms with Crippen LogP contribution in [0.2, 0.25) is 0 Å². The van der Waals surface area contributed by atoms with Crippen molar-refractivity contribution in [2.24, 2.45) is 0 Å². The maximum Gasteiger partial charge on any atom is 0.214 e. The first kappa shape index (κ1) is 15.2. The number of rotatable bonds is 5. The Morgan fingerprint density at radius 1 is 0.960 bits per heavy atom. The molecule has 0 saturated carbocycles. The largest absolute Gasteiger partial charge is 0.360 e. The van der Waals surface area contributed by atoms with Gasteiger partial charge in [0.05, 0.1) is 17.3 Å². The first-order chi connectivity index (χ1) is 12.2. The van der Waals surface area contributed by atoms with Crippen LogP contribution in [-0.2, 0) is 0 Å². The molecule has 2 aromatic carbocycles. The van der Waals surface area contributed by atoms with E-state index >= 15 is 0 Å². The average Bonchev–Trinajstić information content (AvgIpc) is 3.28. The highest BCUT2D eigenvalue weighted by molar-refractivity contribution is 5.91. The van der Waals surface area contributed by atoms with Crippen molar-refractivity contribution in [2.45, 2.75) is 5.92 Å². The van der Waals surface area contributed by atoms with E-state index in [-0.39, 0.29) is 17.4 Å². The number of para-hydroxylation sites is 1. The molecule has 0 spiro atoms. The number of nitrogens with zero attached hydrogens (tertiary/aromatic N) is 1. The molecular weight excluding hydrogens is 314 g/mol. The van der Waals surface area contributed by atoms with Crippen LogP contribution >= 0.6 is 0 Å². The summed E-state index contributed by atoms with van der Waals surface area (Å²) in [6.07, 6.45) is 1.86. The van der Waals surface area contributed by atoms with Crippen LogP contribution in [0.15, 0.2) is 72.9 Å². The lowest BCUT2D eigenvalue weighted by atomic mass is 9.88. The highest BCUT2D eigenvalue weighted by Crippen LogP contribution is 2.38. The van der Waals surface area contributed by atoms with Crippen LogP contribution in [0.5, 0.6) is 0 Å². The molecule has 2 heterocycles. The third-order valence-electron chi connectivity index (χ3n) is 4.50. The molecule has 25 heavy (non-hydrogen) atoms. The number of aromatic amines is 2. The monoisotopic (exact) mass is 331 g/mol. The Bertz CT molecular complexity index is 1000. The van der Waals surface area contributed by atoms with Gasteiger partial charge in [-0.25, -0.2) is 0 Å². The van der Waals surface area contributed by atoms with E-state index in [0.29, 0.717) is 0 Å². The van der Waals surface area contributed by atoms with Gasteiger partial charge in [-0.1, -0.05) is 48.5 Å². The molecule has 0 bridgehead atoms. The molecule has 1 atom stereocenters. The summed E-state index contributed by atoms with van der Waals surface area (Å²) in [6.45, 7) is -0.153. The van der Waals surface area contributed by atoms with Crippen molar-refractivity contribution in [3.05, 3.63) is 94.2 Å². The Balaban J connectivity index is 1.99. The first-order valence-corrected chi connectivity index (χ1v) is 8.15. The molecule has 5 heteroatoms. The molecule has 4 rings (SSSR count). The lowest BCUT2D eigenvalue weighted by molar-refractivity contribution is -0.481. The molecule has 0 saturated heterocycles. The topological polar surface area (TPSA) is 74.7 Å². The SMILES string of the molecule is O=[N+]([O-])CC(c1ccccc1)c1c(-c2ccc[nH]2)[nH]c2ccccc12. The smallest absolute Gasteiger partial charge is 0.214 e. The van der Waals surface area contributed by atoms with Gasteiger partial charge < -0.3 is 9.97 Å². The van der Waals surface area contributed by atoms with E-state index in [1.54, 1.807) is 0 Å². The molecule has 0 aliphatic carbocycles. The van der Waals surface area contributed by atoms with Crippen molar-refractivity contribution in [1.29, 1.82) is 0 Å². The highest BCUT2D eigenvalue weighted by atomic mass is 16.6. The fraction of sp³-hybridized carbons (Fsp3) is 0.100. The minimum Gasteiger partial charge on any atom is -0.360 e.